The van der Waals surface area contributed by atoms with Crippen LogP contribution in [0, 0.1) is 11.3 Å². The highest BCUT2D eigenvalue weighted by Crippen LogP contribution is 2.46. The van der Waals surface area contributed by atoms with Crippen LogP contribution >= 0.6 is 11.8 Å². The molecular weight excluding hydrogens is 487 g/mol. The molecule has 192 valence electrons. The van der Waals surface area contributed by atoms with E-state index >= 15 is 0 Å². The number of carbonyl (C=O) groups is 1. The number of halogens is 3. The van der Waals surface area contributed by atoms with Crippen molar-refractivity contribution >= 4 is 46.5 Å². The van der Waals surface area contributed by atoms with Gasteiger partial charge in [-0.25, -0.2) is 9.78 Å². The fraction of sp³-hybridized carbons (Fsp3) is 0.407. The minimum atomic E-state index is -4.33. The summed E-state index contributed by atoms with van der Waals surface area (Å²) in [6.45, 7) is 6.84. The van der Waals surface area contributed by atoms with Crippen molar-refractivity contribution in [2.45, 2.75) is 56.5 Å². The molecule has 36 heavy (non-hydrogen) atoms. The summed E-state index contributed by atoms with van der Waals surface area (Å²) in [6, 6.07) is 12.2. The highest BCUT2D eigenvalue weighted by Gasteiger charge is 2.34. The number of ether oxygens (including phenoxy) is 1. The number of alkyl halides is 3. The first kappa shape index (κ1) is 26.1. The first-order valence-corrected chi connectivity index (χ1v) is 12.6. The summed E-state index contributed by atoms with van der Waals surface area (Å²) in [7, 11) is 1.33. The van der Waals surface area contributed by atoms with Crippen LogP contribution in [0.3, 0.4) is 0 Å². The van der Waals surface area contributed by atoms with Gasteiger partial charge in [0.2, 0.25) is 5.95 Å². The van der Waals surface area contributed by atoms with Gasteiger partial charge in [0.05, 0.1) is 18.1 Å². The molecule has 9 heteroatoms. The van der Waals surface area contributed by atoms with Crippen molar-refractivity contribution in [3.63, 3.8) is 0 Å². The van der Waals surface area contributed by atoms with Gasteiger partial charge >= 0.3 is 11.5 Å². The molecule has 0 amide bonds. The van der Waals surface area contributed by atoms with E-state index < -0.39 is 11.5 Å². The Morgan fingerprint density at radius 1 is 1.19 bits per heavy atom. The number of aromatic nitrogens is 2. The molecule has 3 aromatic rings. The van der Waals surface area contributed by atoms with Crippen molar-refractivity contribution in [1.29, 1.82) is 0 Å². The van der Waals surface area contributed by atoms with E-state index in [9.17, 15) is 18.0 Å². The van der Waals surface area contributed by atoms with Gasteiger partial charge in [-0.15, -0.1) is 0 Å². The molecule has 5 nitrogen and oxygen atoms in total. The summed E-state index contributed by atoms with van der Waals surface area (Å²) in [4.78, 5) is 16.5. The Morgan fingerprint density at radius 2 is 1.92 bits per heavy atom. The third-order valence-electron chi connectivity index (χ3n) is 6.40. The molecule has 0 radical (unpaired) electrons. The molecule has 0 aliphatic heterocycles. The second kappa shape index (κ2) is 10.2. The summed E-state index contributed by atoms with van der Waals surface area (Å²) in [5.74, 6) is 0.753. The summed E-state index contributed by atoms with van der Waals surface area (Å²) in [6.07, 6.45) is 6.19. The van der Waals surface area contributed by atoms with Crippen molar-refractivity contribution in [2.75, 3.05) is 12.4 Å². The number of nitrogens with zero attached hydrogens (tertiary/aromatic N) is 2. The van der Waals surface area contributed by atoms with Gasteiger partial charge in [-0.3, -0.25) is 0 Å². The zero-order valence-electron chi connectivity index (χ0n) is 20.7. The van der Waals surface area contributed by atoms with Crippen LogP contribution in [-0.2, 0) is 9.53 Å². The minimum Gasteiger partial charge on any atom is -0.466 e. The maximum absolute atomic E-state index is 12.7. The predicted octanol–water partition coefficient (Wildman–Crippen LogP) is 7.97. The highest BCUT2D eigenvalue weighted by molar-refractivity contribution is 8.00. The fourth-order valence-corrected chi connectivity index (χ4v) is 5.81. The fourth-order valence-electron chi connectivity index (χ4n) is 5.27. The second-order valence-electron chi connectivity index (χ2n) is 10.2. The van der Waals surface area contributed by atoms with Crippen LogP contribution in [0.1, 0.15) is 51.6 Å². The van der Waals surface area contributed by atoms with E-state index in [0.29, 0.717) is 17.6 Å². The molecule has 1 N–H and O–H groups in total. The Labute approximate surface area is 213 Å². The Bertz CT molecular complexity index is 1270. The molecule has 1 heterocycles. The minimum absolute atomic E-state index is 0.131. The van der Waals surface area contributed by atoms with E-state index in [1.165, 1.54) is 25.3 Å². The lowest BCUT2D eigenvalue weighted by molar-refractivity contribution is -0.134. The van der Waals surface area contributed by atoms with Gasteiger partial charge < -0.3 is 14.6 Å². The highest BCUT2D eigenvalue weighted by atomic mass is 32.2. The third-order valence-corrected chi connectivity index (χ3v) is 7.14. The zero-order chi connectivity index (χ0) is 26.1. The van der Waals surface area contributed by atoms with Crippen LogP contribution in [0.2, 0.25) is 0 Å². The number of rotatable bonds is 6. The number of esters is 1. The van der Waals surface area contributed by atoms with Crippen LogP contribution in [-0.4, -0.2) is 28.1 Å². The van der Waals surface area contributed by atoms with Crippen molar-refractivity contribution in [3.05, 3.63) is 54.1 Å². The van der Waals surface area contributed by atoms with E-state index in [0.717, 1.165) is 35.9 Å². The molecule has 4 rings (SSSR count). The van der Waals surface area contributed by atoms with E-state index in [-0.39, 0.29) is 28.1 Å². The van der Waals surface area contributed by atoms with Gasteiger partial charge in [-0.1, -0.05) is 26.8 Å². The normalized spacial score (nSPS) is 20.1. The molecule has 1 aromatic heterocycles. The van der Waals surface area contributed by atoms with Crippen molar-refractivity contribution < 1.29 is 22.7 Å². The van der Waals surface area contributed by atoms with Crippen LogP contribution in [0.5, 0.6) is 0 Å². The van der Waals surface area contributed by atoms with Gasteiger partial charge in [0.15, 0.2) is 0 Å². The topological polar surface area (TPSA) is 56.1 Å². The lowest BCUT2D eigenvalue weighted by Crippen LogP contribution is -2.29. The molecule has 2 aromatic carbocycles. The van der Waals surface area contributed by atoms with E-state index in [1.54, 1.807) is 18.2 Å². The number of methoxy groups -OCH3 is 1. The van der Waals surface area contributed by atoms with Gasteiger partial charge in [0, 0.05) is 22.7 Å². The van der Waals surface area contributed by atoms with Gasteiger partial charge in [-0.05, 0) is 90.4 Å². The smallest absolute Gasteiger partial charge is 0.446 e. The lowest BCUT2D eigenvalue weighted by atomic mass is 9.70. The maximum atomic E-state index is 12.7. The van der Waals surface area contributed by atoms with Crippen LogP contribution in [0.25, 0.3) is 17.1 Å². The molecule has 1 fully saturated rings. The Hall–Kier alpha value is -2.94. The molecule has 0 bridgehead atoms. The lowest BCUT2D eigenvalue weighted by Gasteiger charge is -2.40. The maximum Gasteiger partial charge on any atom is 0.446 e. The molecule has 0 spiro atoms. The average Bonchev–Trinajstić information content (AvgIpc) is 3.13. The summed E-state index contributed by atoms with van der Waals surface area (Å²) in [5, 5.41) is 3.34. The third kappa shape index (κ3) is 6.43. The number of hydrogen-bond donors (Lipinski definition) is 1. The average molecular weight is 518 g/mol. The van der Waals surface area contributed by atoms with Gasteiger partial charge in [-0.2, -0.15) is 13.2 Å². The van der Waals surface area contributed by atoms with E-state index in [4.69, 9.17) is 4.98 Å². The largest absolute Gasteiger partial charge is 0.466 e. The molecule has 2 unspecified atom stereocenters. The van der Waals surface area contributed by atoms with Crippen molar-refractivity contribution in [1.82, 2.24) is 9.55 Å². The number of imidazole rings is 1. The number of thioether (sulfide) groups is 1. The first-order valence-electron chi connectivity index (χ1n) is 11.8. The van der Waals surface area contributed by atoms with Crippen LogP contribution in [0.15, 0.2) is 53.4 Å². The molecule has 0 saturated heterocycles. The summed E-state index contributed by atoms with van der Waals surface area (Å²) in [5.41, 5.74) is -0.942. The number of anilines is 2. The summed E-state index contributed by atoms with van der Waals surface area (Å²) >= 11 is -0.133. The van der Waals surface area contributed by atoms with Crippen LogP contribution in [0.4, 0.5) is 24.8 Å². The Balaban J connectivity index is 1.72. The quantitative estimate of drug-likeness (QED) is 0.204. The first-order chi connectivity index (χ1) is 16.9. The monoisotopic (exact) mass is 517 g/mol. The van der Waals surface area contributed by atoms with Gasteiger partial charge in [0.25, 0.3) is 0 Å². The number of benzene rings is 2. The van der Waals surface area contributed by atoms with Gasteiger partial charge in [0.1, 0.15) is 0 Å². The molecule has 1 saturated carbocycles. The number of nitrogens with one attached hydrogen (secondary N) is 1. The number of hydrogen-bond acceptors (Lipinski definition) is 5. The molecule has 2 atom stereocenters. The van der Waals surface area contributed by atoms with Crippen molar-refractivity contribution in [2.24, 2.45) is 11.3 Å². The molecule has 1 aliphatic rings. The van der Waals surface area contributed by atoms with E-state index in [1.807, 2.05) is 18.2 Å². The Kier molecular flexibility index (Phi) is 7.41. The Morgan fingerprint density at radius 3 is 2.56 bits per heavy atom. The SMILES string of the molecule is COC(=O)C=Cc1ccc2c(c1)nc(Nc1ccc(SC(F)(F)F)cc1)n2C1CC(C)CC(C)(C)C1. The standard InChI is InChI=1S/C27H30F3N3O2S/c1-17-13-20(16-26(2,3)15-17)33-23-11-5-18(6-12-24(34)35-4)14-22(23)32-25(33)31-19-7-9-21(10-8-19)36-27(28,29)30/h5-12,14,17,20H,13,15-16H2,1-4H3,(H,31,32). The van der Waals surface area contributed by atoms with Crippen molar-refractivity contribution in [3.8, 4) is 0 Å². The summed E-state index contributed by atoms with van der Waals surface area (Å²) < 4.78 is 45.0. The second-order valence-corrected chi connectivity index (χ2v) is 11.3. The number of carbonyl (C=O) groups excluding carboxylic acids is 1. The van der Waals surface area contributed by atoms with E-state index in [2.05, 4.69) is 35.4 Å². The number of fused-ring (bicyclic) bond motifs is 1. The van der Waals surface area contributed by atoms with Crippen LogP contribution < -0.4 is 5.32 Å². The molecular formula is C27H30F3N3O2S. The molecule has 1 aliphatic carbocycles. The predicted molar refractivity (Wildman–Crippen MR) is 138 cm³/mol. The zero-order valence-corrected chi connectivity index (χ0v) is 21.5.